The SMILES string of the molecule is CCOc1cc(/C=C(/NC(C)=O)C(=O)O)cc(I)c1OCc1ccccc1C. The third-order valence-corrected chi connectivity index (χ3v) is 4.62. The fourth-order valence-corrected chi connectivity index (χ4v) is 3.28. The molecule has 2 rings (SSSR count). The van der Waals surface area contributed by atoms with Gasteiger partial charge in [0.25, 0.3) is 0 Å². The van der Waals surface area contributed by atoms with E-state index in [1.54, 1.807) is 12.1 Å². The number of amides is 1. The largest absolute Gasteiger partial charge is 0.490 e. The smallest absolute Gasteiger partial charge is 0.352 e. The number of hydrogen-bond donors (Lipinski definition) is 2. The molecule has 0 spiro atoms. The van der Waals surface area contributed by atoms with Gasteiger partial charge in [-0.15, -0.1) is 0 Å². The molecule has 2 N–H and O–H groups in total. The molecular formula is C21H22INO5. The topological polar surface area (TPSA) is 84.9 Å². The lowest BCUT2D eigenvalue weighted by molar-refractivity contribution is -0.134. The van der Waals surface area contributed by atoms with Crippen molar-refractivity contribution in [3.63, 3.8) is 0 Å². The fraction of sp³-hybridized carbons (Fsp3) is 0.238. The molecule has 2 aromatic carbocycles. The molecule has 0 bridgehead atoms. The van der Waals surface area contributed by atoms with Gasteiger partial charge in [0.1, 0.15) is 12.3 Å². The zero-order valence-corrected chi connectivity index (χ0v) is 18.1. The highest BCUT2D eigenvalue weighted by molar-refractivity contribution is 14.1. The van der Waals surface area contributed by atoms with Crippen LogP contribution in [0.3, 0.4) is 0 Å². The maximum atomic E-state index is 11.4. The van der Waals surface area contributed by atoms with Crippen molar-refractivity contribution in [3.05, 3.63) is 62.4 Å². The van der Waals surface area contributed by atoms with Crippen molar-refractivity contribution in [1.82, 2.24) is 5.32 Å². The van der Waals surface area contributed by atoms with Gasteiger partial charge in [-0.3, -0.25) is 4.79 Å². The van der Waals surface area contributed by atoms with E-state index in [2.05, 4.69) is 27.9 Å². The highest BCUT2D eigenvalue weighted by atomic mass is 127. The number of carboxylic acids is 1. The monoisotopic (exact) mass is 495 g/mol. The van der Waals surface area contributed by atoms with Gasteiger partial charge in [0, 0.05) is 6.92 Å². The number of carbonyl (C=O) groups excluding carboxylic acids is 1. The Bertz CT molecular complexity index is 908. The van der Waals surface area contributed by atoms with Gasteiger partial charge in [-0.25, -0.2) is 4.79 Å². The Balaban J connectivity index is 2.36. The maximum absolute atomic E-state index is 11.4. The van der Waals surface area contributed by atoms with E-state index in [4.69, 9.17) is 9.47 Å². The van der Waals surface area contributed by atoms with Gasteiger partial charge in [0.15, 0.2) is 11.5 Å². The lowest BCUT2D eigenvalue weighted by atomic mass is 10.1. The molecule has 28 heavy (non-hydrogen) atoms. The Morgan fingerprint density at radius 1 is 1.21 bits per heavy atom. The van der Waals surface area contributed by atoms with Crippen LogP contribution >= 0.6 is 22.6 Å². The number of aliphatic carboxylic acids is 1. The van der Waals surface area contributed by atoms with E-state index in [9.17, 15) is 14.7 Å². The van der Waals surface area contributed by atoms with Crippen LogP contribution in [0.2, 0.25) is 0 Å². The summed E-state index contributed by atoms with van der Waals surface area (Å²) in [6.07, 6.45) is 1.39. The molecule has 148 valence electrons. The highest BCUT2D eigenvalue weighted by Gasteiger charge is 2.15. The van der Waals surface area contributed by atoms with Crippen LogP contribution in [0.15, 0.2) is 42.1 Å². The summed E-state index contributed by atoms with van der Waals surface area (Å²) in [6.45, 7) is 5.97. The normalized spacial score (nSPS) is 11.1. The zero-order chi connectivity index (χ0) is 20.7. The van der Waals surface area contributed by atoms with E-state index in [-0.39, 0.29) is 5.70 Å². The number of hydrogen-bond acceptors (Lipinski definition) is 4. The van der Waals surface area contributed by atoms with Gasteiger partial charge in [-0.2, -0.15) is 0 Å². The minimum atomic E-state index is -1.22. The molecule has 0 saturated carbocycles. The molecular weight excluding hydrogens is 473 g/mol. The summed E-state index contributed by atoms with van der Waals surface area (Å²) in [5.41, 5.74) is 2.58. The number of benzene rings is 2. The Kier molecular flexibility index (Phi) is 7.86. The first kappa shape index (κ1) is 21.7. The number of carboxylic acid groups (broad SMARTS) is 1. The Morgan fingerprint density at radius 2 is 1.93 bits per heavy atom. The van der Waals surface area contributed by atoms with Crippen molar-refractivity contribution >= 4 is 40.5 Å². The van der Waals surface area contributed by atoms with E-state index in [0.717, 1.165) is 14.7 Å². The van der Waals surface area contributed by atoms with Crippen molar-refractivity contribution in [1.29, 1.82) is 0 Å². The van der Waals surface area contributed by atoms with E-state index < -0.39 is 11.9 Å². The van der Waals surface area contributed by atoms with Gasteiger partial charge >= 0.3 is 5.97 Å². The molecule has 0 fully saturated rings. The quantitative estimate of drug-likeness (QED) is 0.425. The van der Waals surface area contributed by atoms with Crippen LogP contribution in [0.5, 0.6) is 11.5 Å². The fourth-order valence-electron chi connectivity index (χ4n) is 2.50. The van der Waals surface area contributed by atoms with Crippen molar-refractivity contribution in [2.45, 2.75) is 27.4 Å². The summed E-state index contributed by atoms with van der Waals surface area (Å²) in [5.74, 6) is -0.560. The van der Waals surface area contributed by atoms with Crippen molar-refractivity contribution in [3.8, 4) is 11.5 Å². The second-order valence-corrected chi connectivity index (χ2v) is 7.18. The molecule has 0 radical (unpaired) electrons. The van der Waals surface area contributed by atoms with Crippen LogP contribution in [0.25, 0.3) is 6.08 Å². The summed E-state index contributed by atoms with van der Waals surface area (Å²) < 4.78 is 12.5. The summed E-state index contributed by atoms with van der Waals surface area (Å²) in [5, 5.41) is 11.6. The van der Waals surface area contributed by atoms with Crippen LogP contribution in [0, 0.1) is 10.5 Å². The zero-order valence-electron chi connectivity index (χ0n) is 15.9. The minimum Gasteiger partial charge on any atom is -0.490 e. The van der Waals surface area contributed by atoms with E-state index >= 15 is 0 Å². The Morgan fingerprint density at radius 3 is 2.54 bits per heavy atom. The van der Waals surface area contributed by atoms with Crippen LogP contribution in [0.4, 0.5) is 0 Å². The summed E-state index contributed by atoms with van der Waals surface area (Å²) >= 11 is 2.12. The molecule has 7 heteroatoms. The van der Waals surface area contributed by atoms with Crippen molar-refractivity contribution in [2.75, 3.05) is 6.61 Å². The predicted octanol–water partition coefficient (Wildman–Crippen LogP) is 4.14. The van der Waals surface area contributed by atoms with Gasteiger partial charge < -0.3 is 19.9 Å². The second-order valence-electron chi connectivity index (χ2n) is 6.02. The number of halogens is 1. The third kappa shape index (κ3) is 5.98. The van der Waals surface area contributed by atoms with Crippen LogP contribution in [-0.4, -0.2) is 23.6 Å². The maximum Gasteiger partial charge on any atom is 0.352 e. The number of ether oxygens (including phenoxy) is 2. The van der Waals surface area contributed by atoms with Crippen LogP contribution in [0.1, 0.15) is 30.5 Å². The molecule has 2 aromatic rings. The molecule has 6 nitrogen and oxygen atoms in total. The average Bonchev–Trinajstić information content (AvgIpc) is 2.61. The number of aryl methyl sites for hydroxylation is 1. The molecule has 0 atom stereocenters. The average molecular weight is 495 g/mol. The van der Waals surface area contributed by atoms with E-state index in [1.165, 1.54) is 13.0 Å². The van der Waals surface area contributed by atoms with E-state index in [1.807, 2.05) is 38.1 Å². The van der Waals surface area contributed by atoms with Gasteiger partial charge in [0.2, 0.25) is 5.91 Å². The van der Waals surface area contributed by atoms with Gasteiger partial charge in [0.05, 0.1) is 10.2 Å². The molecule has 0 saturated heterocycles. The number of nitrogens with one attached hydrogen (secondary N) is 1. The molecule has 0 aliphatic carbocycles. The third-order valence-electron chi connectivity index (χ3n) is 3.82. The summed E-state index contributed by atoms with van der Waals surface area (Å²) in [4.78, 5) is 22.6. The van der Waals surface area contributed by atoms with Crippen molar-refractivity contribution < 1.29 is 24.2 Å². The number of rotatable bonds is 8. The standard InChI is InChI=1S/C21H22INO5/c1-4-27-19-11-15(10-18(21(25)26)23-14(3)24)9-17(22)20(19)28-12-16-8-6-5-7-13(16)2/h5-11H,4,12H2,1-3H3,(H,23,24)(H,25,26)/b18-10+. The summed E-state index contributed by atoms with van der Waals surface area (Å²) in [7, 11) is 0. The van der Waals surface area contributed by atoms with Crippen LogP contribution in [-0.2, 0) is 16.2 Å². The molecule has 0 aliphatic heterocycles. The van der Waals surface area contributed by atoms with Crippen LogP contribution < -0.4 is 14.8 Å². The molecule has 0 aromatic heterocycles. The molecule has 0 aliphatic rings. The Labute approximate surface area is 177 Å². The molecule has 1 amide bonds. The second kappa shape index (κ2) is 10.1. The van der Waals surface area contributed by atoms with E-state index in [0.29, 0.717) is 30.3 Å². The highest BCUT2D eigenvalue weighted by Crippen LogP contribution is 2.35. The number of carbonyl (C=O) groups is 2. The predicted molar refractivity (Wildman–Crippen MR) is 115 cm³/mol. The summed E-state index contributed by atoms with van der Waals surface area (Å²) in [6, 6.07) is 11.4. The van der Waals surface area contributed by atoms with Crippen molar-refractivity contribution in [2.24, 2.45) is 0 Å². The first-order valence-corrected chi connectivity index (χ1v) is 9.76. The minimum absolute atomic E-state index is 0.209. The Hall–Kier alpha value is -2.55. The lowest BCUT2D eigenvalue weighted by Crippen LogP contribution is -2.24. The van der Waals surface area contributed by atoms with Gasteiger partial charge in [-0.05, 0) is 71.3 Å². The molecule has 0 heterocycles. The van der Waals surface area contributed by atoms with Gasteiger partial charge in [-0.1, -0.05) is 24.3 Å². The molecule has 0 unspecified atom stereocenters. The lowest BCUT2D eigenvalue weighted by Gasteiger charge is -2.16. The first-order valence-electron chi connectivity index (χ1n) is 8.68. The first-order chi connectivity index (χ1) is 13.3.